The molecular weight excluding hydrogens is 184 g/mol. The van der Waals surface area contributed by atoms with Crippen LogP contribution in [0.5, 0.6) is 0 Å². The van der Waals surface area contributed by atoms with Gasteiger partial charge < -0.3 is 15.7 Å². The van der Waals surface area contributed by atoms with Crippen LogP contribution >= 0.6 is 0 Å². The number of carboxylic acid groups (broad SMARTS) is 1. The molecule has 2 atom stereocenters. The molecule has 0 fully saturated rings. The smallest absolute Gasteiger partial charge is 0.307 e. The van der Waals surface area contributed by atoms with Gasteiger partial charge in [-0.05, 0) is 6.92 Å². The summed E-state index contributed by atoms with van der Waals surface area (Å²) in [6.45, 7) is 3.93. The lowest BCUT2D eigenvalue weighted by Gasteiger charge is -2.17. The zero-order chi connectivity index (χ0) is 11.1. The Morgan fingerprint density at radius 2 is 1.93 bits per heavy atom. The molecule has 0 aliphatic rings. The van der Waals surface area contributed by atoms with Gasteiger partial charge in [0.1, 0.15) is 0 Å². The molecule has 0 bridgehead atoms. The summed E-state index contributed by atoms with van der Waals surface area (Å²) in [4.78, 5) is 21.4. The van der Waals surface area contributed by atoms with Crippen molar-refractivity contribution in [3.63, 3.8) is 0 Å². The van der Waals surface area contributed by atoms with Crippen LogP contribution < -0.4 is 10.6 Å². The van der Waals surface area contributed by atoms with Gasteiger partial charge in [0.15, 0.2) is 0 Å². The van der Waals surface area contributed by atoms with E-state index >= 15 is 0 Å². The second-order valence-electron chi connectivity index (χ2n) is 3.29. The van der Waals surface area contributed by atoms with Crippen LogP contribution in [-0.4, -0.2) is 36.6 Å². The molecule has 0 aromatic carbocycles. The molecule has 1 amide bonds. The number of carboxylic acids is 1. The van der Waals surface area contributed by atoms with Crippen molar-refractivity contribution in [2.24, 2.45) is 5.92 Å². The van der Waals surface area contributed by atoms with Gasteiger partial charge in [-0.3, -0.25) is 9.59 Å². The van der Waals surface area contributed by atoms with Crippen molar-refractivity contribution in [1.82, 2.24) is 10.6 Å². The largest absolute Gasteiger partial charge is 0.481 e. The summed E-state index contributed by atoms with van der Waals surface area (Å²) < 4.78 is 0. The molecular formula is C9H18N2O3. The molecule has 0 aliphatic heterocycles. The Bertz CT molecular complexity index is 206. The zero-order valence-electron chi connectivity index (χ0n) is 8.83. The lowest BCUT2D eigenvalue weighted by Crippen LogP contribution is -2.38. The van der Waals surface area contributed by atoms with Crippen molar-refractivity contribution in [2.75, 3.05) is 13.6 Å². The topological polar surface area (TPSA) is 78.4 Å². The first-order valence-corrected chi connectivity index (χ1v) is 4.65. The van der Waals surface area contributed by atoms with Crippen molar-refractivity contribution in [3.05, 3.63) is 0 Å². The van der Waals surface area contributed by atoms with E-state index in [0.29, 0.717) is 13.0 Å². The van der Waals surface area contributed by atoms with Gasteiger partial charge in [-0.15, -0.1) is 0 Å². The van der Waals surface area contributed by atoms with E-state index in [-0.39, 0.29) is 11.9 Å². The van der Waals surface area contributed by atoms with Crippen LogP contribution in [0.3, 0.4) is 0 Å². The Balaban J connectivity index is 3.68. The first-order chi connectivity index (χ1) is 6.49. The van der Waals surface area contributed by atoms with Crippen LogP contribution in [0.1, 0.15) is 20.3 Å². The Morgan fingerprint density at radius 1 is 1.36 bits per heavy atom. The van der Waals surface area contributed by atoms with Crippen LogP contribution in [0.25, 0.3) is 0 Å². The molecule has 3 N–H and O–H groups in total. The predicted molar refractivity (Wildman–Crippen MR) is 52.9 cm³/mol. The molecule has 82 valence electrons. The highest BCUT2D eigenvalue weighted by atomic mass is 16.4. The van der Waals surface area contributed by atoms with Crippen LogP contribution in [0, 0.1) is 5.92 Å². The third kappa shape index (κ3) is 4.81. The maximum absolute atomic E-state index is 10.8. The fourth-order valence-corrected chi connectivity index (χ4v) is 0.929. The second-order valence-corrected chi connectivity index (χ2v) is 3.29. The minimum absolute atomic E-state index is 0.0484. The van der Waals surface area contributed by atoms with E-state index in [9.17, 15) is 9.59 Å². The molecule has 0 aromatic rings. The summed E-state index contributed by atoms with van der Waals surface area (Å²) in [6, 6.07) is -0.128. The highest BCUT2D eigenvalue weighted by Crippen LogP contribution is 2.01. The van der Waals surface area contributed by atoms with Gasteiger partial charge in [-0.25, -0.2) is 0 Å². The third-order valence-corrected chi connectivity index (χ3v) is 2.24. The number of nitrogens with one attached hydrogen (secondary N) is 2. The van der Waals surface area contributed by atoms with Crippen molar-refractivity contribution in [1.29, 1.82) is 0 Å². The molecule has 14 heavy (non-hydrogen) atoms. The quantitative estimate of drug-likeness (QED) is 0.558. The molecule has 0 radical (unpaired) electrons. The molecule has 0 aromatic heterocycles. The summed E-state index contributed by atoms with van der Waals surface area (Å²) in [5, 5.41) is 14.2. The molecule has 2 unspecified atom stereocenters. The number of carbonyl (C=O) groups excluding carboxylic acids is 1. The number of hydrogen-bond donors (Lipinski definition) is 3. The average Bonchev–Trinajstić information content (AvgIpc) is 2.15. The second kappa shape index (κ2) is 6.37. The van der Waals surface area contributed by atoms with Crippen molar-refractivity contribution >= 4 is 11.9 Å². The summed E-state index contributed by atoms with van der Waals surface area (Å²) in [5.41, 5.74) is 0. The average molecular weight is 202 g/mol. The van der Waals surface area contributed by atoms with Gasteiger partial charge in [0.25, 0.3) is 0 Å². The van der Waals surface area contributed by atoms with E-state index in [1.807, 2.05) is 0 Å². The van der Waals surface area contributed by atoms with Gasteiger partial charge in [0.05, 0.1) is 5.92 Å². The monoisotopic (exact) mass is 202 g/mol. The van der Waals surface area contributed by atoms with Gasteiger partial charge in [-0.1, -0.05) is 6.92 Å². The highest BCUT2D eigenvalue weighted by Gasteiger charge is 2.18. The van der Waals surface area contributed by atoms with Gasteiger partial charge >= 0.3 is 5.97 Å². The molecule has 0 heterocycles. The minimum atomic E-state index is -0.829. The minimum Gasteiger partial charge on any atom is -0.481 e. The van der Waals surface area contributed by atoms with Crippen molar-refractivity contribution in [3.8, 4) is 0 Å². The van der Waals surface area contributed by atoms with Crippen LogP contribution in [0.2, 0.25) is 0 Å². The van der Waals surface area contributed by atoms with Crippen LogP contribution in [0.4, 0.5) is 0 Å². The lowest BCUT2D eigenvalue weighted by atomic mass is 10.0. The molecule has 0 spiro atoms. The van der Waals surface area contributed by atoms with E-state index in [1.165, 1.54) is 0 Å². The number of aliphatic carboxylic acids is 1. The lowest BCUT2D eigenvalue weighted by molar-refractivity contribution is -0.141. The fourth-order valence-electron chi connectivity index (χ4n) is 0.929. The summed E-state index contributed by atoms with van der Waals surface area (Å²) in [6.07, 6.45) is 0.368. The van der Waals surface area contributed by atoms with Crippen molar-refractivity contribution in [2.45, 2.75) is 26.3 Å². The summed E-state index contributed by atoms with van der Waals surface area (Å²) >= 11 is 0. The highest BCUT2D eigenvalue weighted by molar-refractivity contribution is 5.75. The Kier molecular flexibility index (Phi) is 5.87. The van der Waals surface area contributed by atoms with E-state index in [1.54, 1.807) is 20.9 Å². The van der Waals surface area contributed by atoms with E-state index in [4.69, 9.17) is 5.11 Å². The standard InChI is InChI=1S/C9H18N2O3/c1-6(9(13)14)7(2)11-5-4-8(12)10-3/h6-7,11H,4-5H2,1-3H3,(H,10,12)(H,13,14). The summed E-state index contributed by atoms with van der Waals surface area (Å²) in [5.74, 6) is -1.32. The van der Waals surface area contributed by atoms with Crippen molar-refractivity contribution < 1.29 is 14.7 Å². The zero-order valence-corrected chi connectivity index (χ0v) is 8.83. The van der Waals surface area contributed by atoms with Crippen LogP contribution in [-0.2, 0) is 9.59 Å². The Hall–Kier alpha value is -1.10. The molecule has 5 heteroatoms. The predicted octanol–water partition coefficient (Wildman–Crippen LogP) is -0.179. The van der Waals surface area contributed by atoms with Gasteiger partial charge in [0.2, 0.25) is 5.91 Å². The van der Waals surface area contributed by atoms with E-state index < -0.39 is 11.9 Å². The third-order valence-electron chi connectivity index (χ3n) is 2.24. The SMILES string of the molecule is CNC(=O)CCNC(C)C(C)C(=O)O. The number of amides is 1. The van der Waals surface area contributed by atoms with E-state index in [0.717, 1.165) is 0 Å². The Morgan fingerprint density at radius 3 is 2.36 bits per heavy atom. The van der Waals surface area contributed by atoms with Gasteiger partial charge in [0, 0.05) is 26.1 Å². The molecule has 0 saturated carbocycles. The van der Waals surface area contributed by atoms with E-state index in [2.05, 4.69) is 10.6 Å². The van der Waals surface area contributed by atoms with Gasteiger partial charge in [-0.2, -0.15) is 0 Å². The first kappa shape index (κ1) is 12.9. The number of rotatable bonds is 6. The maximum atomic E-state index is 10.8. The number of hydrogen-bond acceptors (Lipinski definition) is 3. The number of carbonyl (C=O) groups is 2. The maximum Gasteiger partial charge on any atom is 0.307 e. The normalized spacial score (nSPS) is 14.5. The fraction of sp³-hybridized carbons (Fsp3) is 0.778. The molecule has 0 aliphatic carbocycles. The Labute approximate surface area is 83.9 Å². The molecule has 0 rings (SSSR count). The summed E-state index contributed by atoms with van der Waals surface area (Å²) in [7, 11) is 1.58. The molecule has 5 nitrogen and oxygen atoms in total. The molecule has 0 saturated heterocycles. The van der Waals surface area contributed by atoms with Crippen LogP contribution in [0.15, 0.2) is 0 Å². The first-order valence-electron chi connectivity index (χ1n) is 4.65.